The highest BCUT2D eigenvalue weighted by Crippen LogP contribution is 2.28. The smallest absolute Gasteiger partial charge is 0.261 e. The van der Waals surface area contributed by atoms with E-state index in [-0.39, 0.29) is 11.3 Å². The van der Waals surface area contributed by atoms with E-state index in [0.717, 1.165) is 23.5 Å². The lowest BCUT2D eigenvalue weighted by atomic mass is 9.96. The molecular formula is C16H18N4O. The van der Waals surface area contributed by atoms with Crippen molar-refractivity contribution in [3.05, 3.63) is 47.8 Å². The number of nitrogens with zero attached hydrogens (tertiary/aromatic N) is 4. The van der Waals surface area contributed by atoms with Crippen molar-refractivity contribution in [2.75, 3.05) is 11.4 Å². The van der Waals surface area contributed by atoms with E-state index in [0.29, 0.717) is 12.1 Å². The van der Waals surface area contributed by atoms with E-state index in [9.17, 15) is 4.79 Å². The van der Waals surface area contributed by atoms with Crippen molar-refractivity contribution in [1.82, 2.24) is 15.0 Å². The highest BCUT2D eigenvalue weighted by Gasteiger charge is 2.26. The molecule has 2 aromatic rings. The third-order valence-electron chi connectivity index (χ3n) is 3.60. The minimum atomic E-state index is -0.119. The lowest BCUT2D eigenvalue weighted by molar-refractivity contribution is 0.0988. The maximum absolute atomic E-state index is 12.6. The van der Waals surface area contributed by atoms with Gasteiger partial charge in [-0.25, -0.2) is 9.97 Å². The summed E-state index contributed by atoms with van der Waals surface area (Å²) in [4.78, 5) is 27.1. The van der Waals surface area contributed by atoms with Crippen LogP contribution in [0.5, 0.6) is 0 Å². The van der Waals surface area contributed by atoms with E-state index < -0.39 is 0 Å². The van der Waals surface area contributed by atoms with E-state index in [2.05, 4.69) is 15.0 Å². The van der Waals surface area contributed by atoms with Crippen LogP contribution in [-0.2, 0) is 11.8 Å². The summed E-state index contributed by atoms with van der Waals surface area (Å²) in [5.74, 6) is 0.671. The second-order valence-corrected chi connectivity index (χ2v) is 6.26. The quantitative estimate of drug-likeness (QED) is 0.805. The molecule has 108 valence electrons. The zero-order chi connectivity index (χ0) is 15.0. The van der Waals surface area contributed by atoms with Crippen molar-refractivity contribution < 1.29 is 4.79 Å². The van der Waals surface area contributed by atoms with Crippen LogP contribution in [-0.4, -0.2) is 27.4 Å². The zero-order valence-electron chi connectivity index (χ0n) is 12.5. The molecule has 5 nitrogen and oxygen atoms in total. The number of amides is 1. The van der Waals surface area contributed by atoms with Crippen LogP contribution in [0.25, 0.3) is 0 Å². The van der Waals surface area contributed by atoms with Gasteiger partial charge >= 0.3 is 0 Å². The first kappa shape index (κ1) is 13.7. The molecule has 1 amide bonds. The molecule has 0 saturated heterocycles. The van der Waals surface area contributed by atoms with Crippen molar-refractivity contribution >= 4 is 11.6 Å². The first-order valence-electron chi connectivity index (χ1n) is 7.04. The number of carbonyl (C=O) groups excluding carboxylic acids is 1. The van der Waals surface area contributed by atoms with Gasteiger partial charge in [0.1, 0.15) is 5.82 Å². The van der Waals surface area contributed by atoms with Crippen LogP contribution in [0.15, 0.2) is 30.9 Å². The molecule has 0 saturated carbocycles. The van der Waals surface area contributed by atoms with Crippen LogP contribution in [0.3, 0.4) is 0 Å². The summed E-state index contributed by atoms with van der Waals surface area (Å²) >= 11 is 0. The highest BCUT2D eigenvalue weighted by molar-refractivity contribution is 6.06. The Hall–Kier alpha value is -2.30. The van der Waals surface area contributed by atoms with Crippen LogP contribution in [0.2, 0.25) is 0 Å². The van der Waals surface area contributed by atoms with Crippen molar-refractivity contribution in [1.29, 1.82) is 0 Å². The van der Waals surface area contributed by atoms with Crippen molar-refractivity contribution in [2.45, 2.75) is 32.6 Å². The van der Waals surface area contributed by atoms with Gasteiger partial charge in [-0.15, -0.1) is 0 Å². The number of hydrogen-bond donors (Lipinski definition) is 0. The van der Waals surface area contributed by atoms with E-state index >= 15 is 0 Å². The van der Waals surface area contributed by atoms with Crippen molar-refractivity contribution in [2.24, 2.45) is 0 Å². The number of pyridine rings is 1. The molecule has 0 bridgehead atoms. The molecule has 0 radical (unpaired) electrons. The number of hydrogen-bond acceptors (Lipinski definition) is 4. The molecule has 0 spiro atoms. The fraction of sp³-hybridized carbons (Fsp3) is 0.375. The third kappa shape index (κ3) is 2.51. The van der Waals surface area contributed by atoms with Crippen LogP contribution >= 0.6 is 0 Å². The Kier molecular flexibility index (Phi) is 3.20. The van der Waals surface area contributed by atoms with E-state index in [4.69, 9.17) is 0 Å². The summed E-state index contributed by atoms with van der Waals surface area (Å²) in [5, 5.41) is 0. The molecular weight excluding hydrogens is 264 g/mol. The minimum Gasteiger partial charge on any atom is -0.306 e. The Morgan fingerprint density at radius 1 is 1.19 bits per heavy atom. The molecule has 3 heterocycles. The third-order valence-corrected chi connectivity index (χ3v) is 3.60. The molecule has 3 rings (SSSR count). The van der Waals surface area contributed by atoms with Gasteiger partial charge in [-0.2, -0.15) is 0 Å². The Morgan fingerprint density at radius 3 is 2.57 bits per heavy atom. The molecule has 1 aliphatic heterocycles. The molecule has 0 N–H and O–H groups in total. The summed E-state index contributed by atoms with van der Waals surface area (Å²) in [5.41, 5.74) is 2.44. The van der Waals surface area contributed by atoms with Gasteiger partial charge in [0.25, 0.3) is 5.91 Å². The average molecular weight is 282 g/mol. The van der Waals surface area contributed by atoms with Crippen molar-refractivity contribution in [3.63, 3.8) is 0 Å². The SMILES string of the molecule is CC(C)(C)c1ncc(C(=O)N2CCc3ccncc32)cn1. The standard InChI is InChI=1S/C16H18N4O/c1-16(2,3)15-18-8-12(9-19-15)14(21)20-7-5-11-4-6-17-10-13(11)20/h4,6,8-10H,5,7H2,1-3H3. The van der Waals surface area contributed by atoms with E-state index in [1.807, 2.05) is 26.8 Å². The van der Waals surface area contributed by atoms with Gasteiger partial charge in [-0.1, -0.05) is 20.8 Å². The maximum Gasteiger partial charge on any atom is 0.261 e. The summed E-state index contributed by atoms with van der Waals surface area (Å²) in [6, 6.07) is 1.96. The molecule has 1 aliphatic rings. The number of aromatic nitrogens is 3. The topological polar surface area (TPSA) is 59.0 Å². The molecule has 21 heavy (non-hydrogen) atoms. The van der Waals surface area contributed by atoms with E-state index in [1.165, 1.54) is 0 Å². The first-order valence-corrected chi connectivity index (χ1v) is 7.04. The molecule has 0 aliphatic carbocycles. The van der Waals surface area contributed by atoms with Gasteiger partial charge in [-0.05, 0) is 18.1 Å². The second kappa shape index (κ2) is 4.91. The number of fused-ring (bicyclic) bond motifs is 1. The molecule has 0 atom stereocenters. The average Bonchev–Trinajstić information content (AvgIpc) is 2.90. The molecule has 0 unspecified atom stereocenters. The lowest BCUT2D eigenvalue weighted by Crippen LogP contribution is -2.29. The van der Waals surface area contributed by atoms with Crippen LogP contribution < -0.4 is 4.90 Å². The largest absolute Gasteiger partial charge is 0.306 e. The number of rotatable bonds is 1. The Bertz CT molecular complexity index is 673. The fourth-order valence-electron chi connectivity index (χ4n) is 2.41. The zero-order valence-corrected chi connectivity index (χ0v) is 12.5. The number of carbonyl (C=O) groups is 1. The summed E-state index contributed by atoms with van der Waals surface area (Å²) < 4.78 is 0. The predicted octanol–water partition coefficient (Wildman–Crippen LogP) is 2.37. The van der Waals surface area contributed by atoms with Crippen LogP contribution in [0.4, 0.5) is 5.69 Å². The Labute approximate surface area is 124 Å². The summed E-state index contributed by atoms with van der Waals surface area (Å²) in [6.07, 6.45) is 7.59. The molecule has 2 aromatic heterocycles. The van der Waals surface area contributed by atoms with Crippen LogP contribution in [0.1, 0.15) is 42.5 Å². The monoisotopic (exact) mass is 282 g/mol. The maximum atomic E-state index is 12.6. The van der Waals surface area contributed by atoms with Gasteiger partial charge < -0.3 is 4.90 Å². The van der Waals surface area contributed by atoms with Gasteiger partial charge in [0, 0.05) is 30.6 Å². The van der Waals surface area contributed by atoms with Gasteiger partial charge in [-0.3, -0.25) is 9.78 Å². The van der Waals surface area contributed by atoms with Gasteiger partial charge in [0.15, 0.2) is 0 Å². The normalized spacial score (nSPS) is 14.1. The first-order chi connectivity index (χ1) is 9.97. The van der Waals surface area contributed by atoms with Crippen LogP contribution in [0, 0.1) is 0 Å². The highest BCUT2D eigenvalue weighted by atomic mass is 16.2. The summed E-state index contributed by atoms with van der Waals surface area (Å²) in [6.45, 7) is 6.82. The number of anilines is 1. The van der Waals surface area contributed by atoms with E-state index in [1.54, 1.807) is 29.7 Å². The fourth-order valence-corrected chi connectivity index (χ4v) is 2.41. The van der Waals surface area contributed by atoms with Gasteiger partial charge in [0.05, 0.1) is 17.4 Å². The van der Waals surface area contributed by atoms with Gasteiger partial charge in [0.2, 0.25) is 0 Å². The minimum absolute atomic E-state index is 0.0674. The van der Waals surface area contributed by atoms with Crippen molar-refractivity contribution in [3.8, 4) is 0 Å². The molecule has 0 aromatic carbocycles. The molecule has 5 heteroatoms. The molecule has 0 fully saturated rings. The predicted molar refractivity (Wildman–Crippen MR) is 80.3 cm³/mol. The Morgan fingerprint density at radius 2 is 1.90 bits per heavy atom. The summed E-state index contributed by atoms with van der Waals surface area (Å²) in [7, 11) is 0. The lowest BCUT2D eigenvalue weighted by Gasteiger charge is -2.18. The second-order valence-electron chi connectivity index (χ2n) is 6.26. The Balaban J connectivity index is 1.87.